The maximum absolute atomic E-state index is 12.0. The van der Waals surface area contributed by atoms with Crippen molar-refractivity contribution in [3.63, 3.8) is 0 Å². The third kappa shape index (κ3) is 3.16. The van der Waals surface area contributed by atoms with E-state index in [0.29, 0.717) is 17.0 Å². The van der Waals surface area contributed by atoms with Crippen LogP contribution < -0.4 is 10.1 Å². The van der Waals surface area contributed by atoms with E-state index in [2.05, 4.69) is 9.71 Å². The molecule has 1 aliphatic heterocycles. The molecule has 0 bridgehead atoms. The molecular formula is C17H16N2O4S. The molecule has 0 saturated carbocycles. The number of ether oxygens (including phenoxy) is 1. The number of rotatable bonds is 3. The van der Waals surface area contributed by atoms with Crippen molar-refractivity contribution < 1.29 is 17.9 Å². The van der Waals surface area contributed by atoms with Gasteiger partial charge >= 0.3 is 5.97 Å². The van der Waals surface area contributed by atoms with Gasteiger partial charge in [0.1, 0.15) is 10.6 Å². The smallest absolute Gasteiger partial charge is 0.313 e. The van der Waals surface area contributed by atoms with Crippen LogP contribution >= 0.6 is 0 Å². The summed E-state index contributed by atoms with van der Waals surface area (Å²) in [5.41, 5.74) is 1.18. The van der Waals surface area contributed by atoms with Gasteiger partial charge in [-0.3, -0.25) is 4.79 Å². The van der Waals surface area contributed by atoms with Gasteiger partial charge in [0.25, 0.3) is 10.0 Å². The first-order valence-electron chi connectivity index (χ1n) is 7.40. The molecule has 6 nitrogen and oxygen atoms in total. The molecule has 0 atom stereocenters. The summed E-state index contributed by atoms with van der Waals surface area (Å²) in [4.78, 5) is 11.8. The minimum Gasteiger partial charge on any atom is -0.426 e. The maximum Gasteiger partial charge on any atom is 0.313 e. The molecule has 0 radical (unpaired) electrons. The van der Waals surface area contributed by atoms with Gasteiger partial charge in [-0.15, -0.1) is 4.40 Å². The first-order chi connectivity index (χ1) is 11.4. The highest BCUT2D eigenvalue weighted by Crippen LogP contribution is 2.27. The highest BCUT2D eigenvalue weighted by Gasteiger charge is 2.28. The molecule has 1 N–H and O–H groups in total. The topological polar surface area (TPSA) is 84.8 Å². The van der Waals surface area contributed by atoms with Crippen LogP contribution in [-0.4, -0.2) is 20.2 Å². The molecule has 3 rings (SSSR count). The van der Waals surface area contributed by atoms with Gasteiger partial charge in [0.15, 0.2) is 5.84 Å². The Balaban J connectivity index is 1.79. The number of fused-ring (bicyclic) bond motifs is 1. The number of esters is 1. The Hall–Kier alpha value is -2.67. The predicted octanol–water partition coefficient (Wildman–Crippen LogP) is 2.81. The van der Waals surface area contributed by atoms with Gasteiger partial charge in [0.2, 0.25) is 0 Å². The minimum atomic E-state index is -3.65. The molecule has 0 spiro atoms. The zero-order valence-corrected chi connectivity index (χ0v) is 14.0. The molecule has 2 aromatic rings. The Morgan fingerprint density at radius 1 is 1.08 bits per heavy atom. The summed E-state index contributed by atoms with van der Waals surface area (Å²) < 4.78 is 33.0. The van der Waals surface area contributed by atoms with Crippen LogP contribution in [-0.2, 0) is 14.8 Å². The number of anilines is 1. The average molecular weight is 344 g/mol. The van der Waals surface area contributed by atoms with Crippen LogP contribution in [0.1, 0.15) is 19.4 Å². The molecule has 0 saturated heterocycles. The van der Waals surface area contributed by atoms with Gasteiger partial charge in [-0.1, -0.05) is 26.0 Å². The number of nitrogens with one attached hydrogen (secondary N) is 1. The van der Waals surface area contributed by atoms with Crippen molar-refractivity contribution >= 4 is 27.5 Å². The largest absolute Gasteiger partial charge is 0.426 e. The van der Waals surface area contributed by atoms with Crippen LogP contribution in [0, 0.1) is 5.92 Å². The molecule has 1 aliphatic rings. The zero-order chi connectivity index (χ0) is 17.3. The van der Waals surface area contributed by atoms with Crippen molar-refractivity contribution in [2.75, 3.05) is 5.32 Å². The molecule has 2 aromatic carbocycles. The number of nitrogens with zero attached hydrogens (tertiary/aromatic N) is 1. The van der Waals surface area contributed by atoms with Gasteiger partial charge in [-0.2, -0.15) is 8.42 Å². The summed E-state index contributed by atoms with van der Waals surface area (Å²) >= 11 is 0. The molecule has 0 aliphatic carbocycles. The minimum absolute atomic E-state index is 0.190. The fourth-order valence-electron chi connectivity index (χ4n) is 2.17. The number of hydrogen-bond donors (Lipinski definition) is 1. The lowest BCUT2D eigenvalue weighted by Gasteiger charge is -2.09. The van der Waals surface area contributed by atoms with Crippen molar-refractivity contribution in [2.24, 2.45) is 10.3 Å². The summed E-state index contributed by atoms with van der Waals surface area (Å²) in [6.07, 6.45) is 0. The first kappa shape index (κ1) is 16.2. The van der Waals surface area contributed by atoms with Crippen molar-refractivity contribution in [1.29, 1.82) is 0 Å². The Bertz CT molecular complexity index is 916. The van der Waals surface area contributed by atoms with E-state index in [-0.39, 0.29) is 22.6 Å². The highest BCUT2D eigenvalue weighted by molar-refractivity contribution is 7.90. The van der Waals surface area contributed by atoms with Crippen molar-refractivity contribution in [2.45, 2.75) is 18.7 Å². The third-order valence-corrected chi connectivity index (χ3v) is 4.77. The van der Waals surface area contributed by atoms with E-state index in [9.17, 15) is 13.2 Å². The van der Waals surface area contributed by atoms with Crippen molar-refractivity contribution in [1.82, 2.24) is 0 Å². The van der Waals surface area contributed by atoms with E-state index in [1.807, 2.05) is 0 Å². The second kappa shape index (κ2) is 6.09. The SMILES string of the molecule is CC(C)C(=O)Oc1ccc(NC2=NS(=O)(=O)c3ccccc32)cc1. The summed E-state index contributed by atoms with van der Waals surface area (Å²) in [7, 11) is -3.65. The number of hydrogen-bond acceptors (Lipinski definition) is 5. The highest BCUT2D eigenvalue weighted by atomic mass is 32.2. The fraction of sp³-hybridized carbons (Fsp3) is 0.176. The maximum atomic E-state index is 12.0. The van der Waals surface area contributed by atoms with Crippen LogP contribution in [0.5, 0.6) is 5.75 Å². The first-order valence-corrected chi connectivity index (χ1v) is 8.84. The second-order valence-corrected chi connectivity index (χ2v) is 7.21. The summed E-state index contributed by atoms with van der Waals surface area (Å²) in [5, 5.41) is 2.99. The third-order valence-electron chi connectivity index (χ3n) is 3.44. The van der Waals surface area contributed by atoms with E-state index >= 15 is 0 Å². The van der Waals surface area contributed by atoms with Crippen molar-refractivity contribution in [3.8, 4) is 5.75 Å². The molecule has 0 amide bonds. The zero-order valence-electron chi connectivity index (χ0n) is 13.2. The molecule has 1 heterocycles. The predicted molar refractivity (Wildman–Crippen MR) is 90.7 cm³/mol. The average Bonchev–Trinajstić information content (AvgIpc) is 2.80. The lowest BCUT2D eigenvalue weighted by atomic mass is 10.2. The fourth-order valence-corrected chi connectivity index (χ4v) is 3.35. The number of carbonyl (C=O) groups excluding carboxylic acids is 1. The van der Waals surface area contributed by atoms with E-state index < -0.39 is 10.0 Å². The van der Waals surface area contributed by atoms with Crippen LogP contribution in [0.2, 0.25) is 0 Å². The quantitative estimate of drug-likeness (QED) is 0.683. The van der Waals surface area contributed by atoms with Gasteiger partial charge < -0.3 is 10.1 Å². The van der Waals surface area contributed by atoms with Gasteiger partial charge in [0.05, 0.1) is 5.92 Å². The van der Waals surface area contributed by atoms with Gasteiger partial charge in [0, 0.05) is 11.3 Å². The van der Waals surface area contributed by atoms with Crippen molar-refractivity contribution in [3.05, 3.63) is 54.1 Å². The van der Waals surface area contributed by atoms with Crippen LogP contribution in [0.25, 0.3) is 0 Å². The van der Waals surface area contributed by atoms with E-state index in [0.717, 1.165) is 0 Å². The normalized spacial score (nSPS) is 14.9. The summed E-state index contributed by atoms with van der Waals surface area (Å²) in [6.45, 7) is 3.52. The molecule has 0 fully saturated rings. The Kier molecular flexibility index (Phi) is 4.11. The number of benzene rings is 2. The molecular weight excluding hydrogens is 328 g/mol. The number of amidine groups is 1. The monoisotopic (exact) mass is 344 g/mol. The molecule has 24 heavy (non-hydrogen) atoms. The van der Waals surface area contributed by atoms with E-state index in [1.54, 1.807) is 56.3 Å². The molecule has 7 heteroatoms. The lowest BCUT2D eigenvalue weighted by Crippen LogP contribution is -2.15. The Morgan fingerprint density at radius 2 is 1.75 bits per heavy atom. The number of carbonyl (C=O) groups is 1. The Labute approximate surface area is 140 Å². The molecule has 0 unspecified atom stereocenters. The van der Waals surface area contributed by atoms with Crippen LogP contribution in [0.3, 0.4) is 0 Å². The summed E-state index contributed by atoms with van der Waals surface area (Å²) in [5.74, 6) is 0.186. The lowest BCUT2D eigenvalue weighted by molar-refractivity contribution is -0.137. The van der Waals surface area contributed by atoms with Gasteiger partial charge in [-0.25, -0.2) is 0 Å². The molecule has 0 aromatic heterocycles. The Morgan fingerprint density at radius 3 is 2.42 bits per heavy atom. The van der Waals surface area contributed by atoms with E-state index in [1.165, 1.54) is 6.07 Å². The second-order valence-electron chi connectivity index (χ2n) is 5.64. The van der Waals surface area contributed by atoms with Crippen LogP contribution in [0.15, 0.2) is 57.8 Å². The molecule has 124 valence electrons. The summed E-state index contributed by atoms with van der Waals surface area (Å²) in [6, 6.07) is 13.3. The van der Waals surface area contributed by atoms with Crippen LogP contribution in [0.4, 0.5) is 5.69 Å². The van der Waals surface area contributed by atoms with E-state index in [4.69, 9.17) is 4.74 Å². The standard InChI is InChI=1S/C17H16N2O4S/c1-11(2)17(20)23-13-9-7-12(8-10-13)18-16-14-5-3-4-6-15(14)24(21,22)19-16/h3-11H,1-2H3,(H,18,19). The van der Waals surface area contributed by atoms with Gasteiger partial charge in [-0.05, 0) is 36.4 Å². The number of sulfonamides is 1.